The van der Waals surface area contributed by atoms with Gasteiger partial charge < -0.3 is 9.84 Å². The van der Waals surface area contributed by atoms with Crippen molar-refractivity contribution in [2.75, 3.05) is 6.61 Å². The minimum atomic E-state index is -1.17. The monoisotopic (exact) mass is 266 g/mol. The number of hydrogen-bond donors (Lipinski definition) is 1. The second-order valence-electron chi connectivity index (χ2n) is 4.58. The van der Waals surface area contributed by atoms with E-state index in [4.69, 9.17) is 9.84 Å². The van der Waals surface area contributed by atoms with Gasteiger partial charge in [-0.05, 0) is 6.42 Å². The number of nitrogens with zero attached hydrogens (tertiary/aromatic N) is 4. The van der Waals surface area contributed by atoms with Crippen molar-refractivity contribution in [2.24, 2.45) is 0 Å². The normalized spacial score (nSPS) is 27.2. The highest BCUT2D eigenvalue weighted by atomic mass is 19.1. The number of aromatic nitrogens is 4. The summed E-state index contributed by atoms with van der Waals surface area (Å²) >= 11 is 0. The minimum Gasteiger partial charge on any atom is -0.394 e. The molecule has 2 aromatic heterocycles. The van der Waals surface area contributed by atoms with Crippen LogP contribution >= 0.6 is 0 Å². The molecular formula is C12H15FN4O2. The molecular weight excluding hydrogens is 251 g/mol. The van der Waals surface area contributed by atoms with Gasteiger partial charge in [-0.3, -0.25) is 4.57 Å². The molecule has 0 radical (unpaired) electrons. The fourth-order valence-corrected chi connectivity index (χ4v) is 2.41. The van der Waals surface area contributed by atoms with E-state index in [-0.39, 0.29) is 13.0 Å². The van der Waals surface area contributed by atoms with Crippen LogP contribution in [0.5, 0.6) is 0 Å². The molecule has 0 saturated carbocycles. The summed E-state index contributed by atoms with van der Waals surface area (Å²) in [6, 6.07) is 0. The van der Waals surface area contributed by atoms with Crippen LogP contribution < -0.4 is 0 Å². The van der Waals surface area contributed by atoms with E-state index < -0.39 is 18.5 Å². The van der Waals surface area contributed by atoms with Gasteiger partial charge in [-0.2, -0.15) is 0 Å². The van der Waals surface area contributed by atoms with Gasteiger partial charge in [0, 0.05) is 6.42 Å². The van der Waals surface area contributed by atoms with E-state index in [1.54, 1.807) is 4.57 Å². The number of aliphatic hydroxyl groups is 1. The first-order chi connectivity index (χ1) is 9.24. The van der Waals surface area contributed by atoms with Gasteiger partial charge in [-0.25, -0.2) is 19.3 Å². The minimum absolute atomic E-state index is 0.182. The van der Waals surface area contributed by atoms with Crippen LogP contribution in [-0.2, 0) is 11.2 Å². The maximum absolute atomic E-state index is 14.0. The lowest BCUT2D eigenvalue weighted by Crippen LogP contribution is -2.16. The van der Waals surface area contributed by atoms with Gasteiger partial charge in [0.05, 0.1) is 24.7 Å². The molecule has 3 rings (SSSR count). The lowest BCUT2D eigenvalue weighted by atomic mass is 10.2. The Balaban J connectivity index is 2.02. The average Bonchev–Trinajstić information content (AvgIpc) is 3.01. The van der Waals surface area contributed by atoms with Crippen LogP contribution in [0.2, 0.25) is 0 Å². The van der Waals surface area contributed by atoms with Crippen LogP contribution in [0.1, 0.15) is 25.3 Å². The van der Waals surface area contributed by atoms with E-state index in [0.717, 1.165) is 12.1 Å². The number of alkyl halides is 1. The Morgan fingerprint density at radius 2 is 2.32 bits per heavy atom. The van der Waals surface area contributed by atoms with Crippen LogP contribution in [0, 0.1) is 0 Å². The third-order valence-electron chi connectivity index (χ3n) is 3.38. The van der Waals surface area contributed by atoms with Gasteiger partial charge >= 0.3 is 0 Å². The maximum Gasteiger partial charge on any atom is 0.168 e. The van der Waals surface area contributed by atoms with Gasteiger partial charge in [-0.15, -0.1) is 0 Å². The van der Waals surface area contributed by atoms with Gasteiger partial charge in [0.25, 0.3) is 0 Å². The summed E-state index contributed by atoms with van der Waals surface area (Å²) in [6.45, 7) is 1.80. The molecule has 1 N–H and O–H groups in total. The second kappa shape index (κ2) is 4.82. The van der Waals surface area contributed by atoms with E-state index in [2.05, 4.69) is 15.0 Å². The van der Waals surface area contributed by atoms with Crippen LogP contribution in [0.25, 0.3) is 11.2 Å². The highest BCUT2D eigenvalue weighted by molar-refractivity contribution is 5.73. The Hall–Kier alpha value is -1.60. The molecule has 0 amide bonds. The first-order valence-corrected chi connectivity index (χ1v) is 6.31. The molecule has 7 heteroatoms. The summed E-state index contributed by atoms with van der Waals surface area (Å²) in [7, 11) is 0. The number of ether oxygens (including phenoxy) is 1. The molecule has 102 valence electrons. The molecule has 3 unspecified atom stereocenters. The second-order valence-corrected chi connectivity index (χ2v) is 4.58. The molecule has 1 saturated heterocycles. The van der Waals surface area contributed by atoms with E-state index in [9.17, 15) is 4.39 Å². The molecule has 1 fully saturated rings. The van der Waals surface area contributed by atoms with E-state index in [1.807, 2.05) is 6.92 Å². The number of aryl methyl sites for hydroxylation is 1. The molecule has 3 heterocycles. The topological polar surface area (TPSA) is 73.1 Å². The van der Waals surface area contributed by atoms with Crippen molar-refractivity contribution < 1.29 is 14.2 Å². The highest BCUT2D eigenvalue weighted by Gasteiger charge is 2.37. The Morgan fingerprint density at radius 3 is 3.00 bits per heavy atom. The van der Waals surface area contributed by atoms with Crippen LogP contribution in [0.15, 0.2) is 12.7 Å². The van der Waals surface area contributed by atoms with Crippen molar-refractivity contribution in [3.8, 4) is 0 Å². The van der Waals surface area contributed by atoms with Gasteiger partial charge in [0.15, 0.2) is 11.9 Å². The fourth-order valence-electron chi connectivity index (χ4n) is 2.41. The zero-order valence-corrected chi connectivity index (χ0v) is 10.5. The van der Waals surface area contributed by atoms with Crippen LogP contribution in [0.3, 0.4) is 0 Å². The van der Waals surface area contributed by atoms with Crippen molar-refractivity contribution >= 4 is 11.2 Å². The van der Waals surface area contributed by atoms with Crippen molar-refractivity contribution in [3.05, 3.63) is 18.3 Å². The first kappa shape index (κ1) is 12.4. The smallest absolute Gasteiger partial charge is 0.168 e. The Labute approximate surface area is 109 Å². The first-order valence-electron chi connectivity index (χ1n) is 6.31. The summed E-state index contributed by atoms with van der Waals surface area (Å²) in [5.41, 5.74) is 2.07. The highest BCUT2D eigenvalue weighted by Crippen LogP contribution is 2.33. The zero-order valence-electron chi connectivity index (χ0n) is 10.5. The molecule has 3 atom stereocenters. The molecule has 19 heavy (non-hydrogen) atoms. The Kier molecular flexibility index (Phi) is 3.16. The zero-order chi connectivity index (χ0) is 13.4. The van der Waals surface area contributed by atoms with Crippen LogP contribution in [-0.4, -0.2) is 43.5 Å². The lowest BCUT2D eigenvalue weighted by Gasteiger charge is -2.15. The van der Waals surface area contributed by atoms with Gasteiger partial charge in [0.1, 0.15) is 18.0 Å². The summed E-state index contributed by atoms with van der Waals surface area (Å²) in [6.07, 6.45) is 1.48. The number of fused-ring (bicyclic) bond motifs is 1. The summed E-state index contributed by atoms with van der Waals surface area (Å²) in [4.78, 5) is 12.6. The molecule has 0 aromatic carbocycles. The van der Waals surface area contributed by atoms with Crippen LogP contribution in [0.4, 0.5) is 4.39 Å². The lowest BCUT2D eigenvalue weighted by molar-refractivity contribution is -0.0351. The third-order valence-corrected chi connectivity index (χ3v) is 3.38. The Bertz CT molecular complexity index is 588. The van der Waals surface area contributed by atoms with E-state index in [1.165, 1.54) is 12.7 Å². The van der Waals surface area contributed by atoms with E-state index >= 15 is 0 Å². The van der Waals surface area contributed by atoms with Gasteiger partial charge in [0.2, 0.25) is 0 Å². The van der Waals surface area contributed by atoms with Crippen molar-refractivity contribution in [3.63, 3.8) is 0 Å². The standard InChI is InChI=1S/C12H15FN4O2/c1-2-9-10-11(15-5-14-9)17(6-16-10)12-8(13)3-7(4-18)19-12/h5-8,12,18H,2-4H2,1H3. The molecule has 6 nitrogen and oxygen atoms in total. The quantitative estimate of drug-likeness (QED) is 0.897. The number of hydrogen-bond acceptors (Lipinski definition) is 5. The molecule has 0 aliphatic carbocycles. The molecule has 0 spiro atoms. The number of rotatable bonds is 3. The summed E-state index contributed by atoms with van der Waals surface area (Å²) < 4.78 is 21.0. The molecule has 1 aliphatic heterocycles. The predicted octanol–water partition coefficient (Wildman–Crippen LogP) is 1.01. The predicted molar refractivity (Wildman–Crippen MR) is 65.2 cm³/mol. The van der Waals surface area contributed by atoms with Crippen molar-refractivity contribution in [1.82, 2.24) is 19.5 Å². The van der Waals surface area contributed by atoms with Gasteiger partial charge in [-0.1, -0.05) is 6.92 Å². The van der Waals surface area contributed by atoms with Crippen molar-refractivity contribution in [2.45, 2.75) is 38.3 Å². The fraction of sp³-hybridized carbons (Fsp3) is 0.583. The Morgan fingerprint density at radius 1 is 1.47 bits per heavy atom. The maximum atomic E-state index is 14.0. The number of imidazole rings is 1. The largest absolute Gasteiger partial charge is 0.394 e. The molecule has 1 aliphatic rings. The SMILES string of the molecule is CCc1ncnc2c1ncn2C1OC(CO)CC1F. The molecule has 0 bridgehead atoms. The summed E-state index contributed by atoms with van der Waals surface area (Å²) in [5, 5.41) is 9.05. The number of aliphatic hydroxyl groups excluding tert-OH is 1. The third kappa shape index (κ3) is 1.98. The molecule has 2 aromatic rings. The van der Waals surface area contributed by atoms with E-state index in [0.29, 0.717) is 11.2 Å². The van der Waals surface area contributed by atoms with Crippen molar-refractivity contribution in [1.29, 1.82) is 0 Å². The number of halogens is 1. The summed E-state index contributed by atoms with van der Waals surface area (Å²) in [5.74, 6) is 0. The average molecular weight is 266 g/mol.